The molecular formula is C24H31N3O3. The van der Waals surface area contributed by atoms with E-state index < -0.39 is 0 Å². The molecule has 3 amide bonds. The Morgan fingerprint density at radius 3 is 2.03 bits per heavy atom. The molecule has 2 aromatic carbocycles. The molecule has 0 fully saturated rings. The fourth-order valence-corrected chi connectivity index (χ4v) is 3.28. The minimum atomic E-state index is -0.0891. The lowest BCUT2D eigenvalue weighted by atomic mass is 10.1. The molecule has 0 bridgehead atoms. The average molecular weight is 410 g/mol. The van der Waals surface area contributed by atoms with E-state index in [0.717, 1.165) is 37.1 Å². The van der Waals surface area contributed by atoms with Crippen molar-refractivity contribution >= 4 is 29.1 Å². The van der Waals surface area contributed by atoms with E-state index in [9.17, 15) is 14.4 Å². The molecular weight excluding hydrogens is 378 g/mol. The summed E-state index contributed by atoms with van der Waals surface area (Å²) < 4.78 is 0. The highest BCUT2D eigenvalue weighted by Crippen LogP contribution is 2.25. The molecule has 0 aliphatic carbocycles. The van der Waals surface area contributed by atoms with Gasteiger partial charge in [-0.2, -0.15) is 0 Å². The zero-order chi connectivity index (χ0) is 21.9. The second-order valence-corrected chi connectivity index (χ2v) is 7.30. The lowest BCUT2D eigenvalue weighted by Crippen LogP contribution is -2.28. The minimum Gasteiger partial charge on any atom is -0.359 e. The van der Waals surface area contributed by atoms with Gasteiger partial charge in [-0.3, -0.25) is 19.3 Å². The van der Waals surface area contributed by atoms with E-state index in [1.165, 1.54) is 6.92 Å². The van der Waals surface area contributed by atoms with Crippen molar-refractivity contribution in [2.75, 3.05) is 25.5 Å². The van der Waals surface area contributed by atoms with Gasteiger partial charge in [0, 0.05) is 50.9 Å². The van der Waals surface area contributed by atoms with Crippen LogP contribution >= 0.6 is 0 Å². The van der Waals surface area contributed by atoms with Gasteiger partial charge in [-0.05, 0) is 49.2 Å². The Kier molecular flexibility index (Phi) is 9.06. The summed E-state index contributed by atoms with van der Waals surface area (Å²) in [5.74, 6) is -0.0591. The SMILES string of the molecule is CNC(=O)CCCCCCN(C)C(=O)c1ccc(N(C(C)=O)c2ccccc2)cc1. The van der Waals surface area contributed by atoms with Crippen molar-refractivity contribution < 1.29 is 14.4 Å². The molecule has 0 spiro atoms. The fraction of sp³-hybridized carbons (Fsp3) is 0.375. The number of hydrogen-bond acceptors (Lipinski definition) is 3. The van der Waals surface area contributed by atoms with Gasteiger partial charge in [0.05, 0.1) is 0 Å². The molecule has 0 aromatic heterocycles. The lowest BCUT2D eigenvalue weighted by molar-refractivity contribution is -0.120. The maximum absolute atomic E-state index is 12.7. The van der Waals surface area contributed by atoms with Crippen LogP contribution in [0.2, 0.25) is 0 Å². The van der Waals surface area contributed by atoms with Gasteiger partial charge in [0.1, 0.15) is 0 Å². The highest BCUT2D eigenvalue weighted by Gasteiger charge is 2.16. The normalized spacial score (nSPS) is 10.4. The average Bonchev–Trinajstić information content (AvgIpc) is 2.76. The van der Waals surface area contributed by atoms with Gasteiger partial charge < -0.3 is 10.2 Å². The van der Waals surface area contributed by atoms with Crippen LogP contribution in [-0.4, -0.2) is 43.3 Å². The Hall–Kier alpha value is -3.15. The van der Waals surface area contributed by atoms with Gasteiger partial charge in [-0.15, -0.1) is 0 Å². The maximum atomic E-state index is 12.7. The first-order valence-electron chi connectivity index (χ1n) is 10.4. The highest BCUT2D eigenvalue weighted by atomic mass is 16.2. The predicted octanol–water partition coefficient (Wildman–Crippen LogP) is 4.14. The third-order valence-electron chi connectivity index (χ3n) is 4.97. The summed E-state index contributed by atoms with van der Waals surface area (Å²) >= 11 is 0. The maximum Gasteiger partial charge on any atom is 0.253 e. The van der Waals surface area contributed by atoms with Crippen LogP contribution in [0.1, 0.15) is 49.4 Å². The van der Waals surface area contributed by atoms with Gasteiger partial charge in [0.2, 0.25) is 11.8 Å². The molecule has 0 saturated carbocycles. The largest absolute Gasteiger partial charge is 0.359 e. The lowest BCUT2D eigenvalue weighted by Gasteiger charge is -2.22. The summed E-state index contributed by atoms with van der Waals surface area (Å²) in [5, 5.41) is 2.62. The third-order valence-corrected chi connectivity index (χ3v) is 4.97. The molecule has 2 aromatic rings. The molecule has 0 aliphatic rings. The van der Waals surface area contributed by atoms with Gasteiger partial charge in [0.25, 0.3) is 5.91 Å². The number of unbranched alkanes of at least 4 members (excludes halogenated alkanes) is 3. The summed E-state index contributed by atoms with van der Waals surface area (Å²) in [7, 11) is 3.45. The first-order valence-corrected chi connectivity index (χ1v) is 10.4. The number of benzene rings is 2. The molecule has 2 rings (SSSR count). The van der Waals surface area contributed by atoms with Crippen LogP contribution in [0, 0.1) is 0 Å². The number of rotatable bonds is 10. The van der Waals surface area contributed by atoms with Crippen LogP contribution in [0.25, 0.3) is 0 Å². The number of nitrogens with zero attached hydrogens (tertiary/aromatic N) is 2. The zero-order valence-electron chi connectivity index (χ0n) is 18.1. The third kappa shape index (κ3) is 6.72. The molecule has 0 heterocycles. The van der Waals surface area contributed by atoms with Crippen LogP contribution < -0.4 is 10.2 Å². The molecule has 0 saturated heterocycles. The Morgan fingerprint density at radius 2 is 1.43 bits per heavy atom. The first-order chi connectivity index (χ1) is 14.4. The van der Waals surface area contributed by atoms with E-state index in [-0.39, 0.29) is 17.7 Å². The molecule has 160 valence electrons. The van der Waals surface area contributed by atoms with Crippen molar-refractivity contribution in [1.82, 2.24) is 10.2 Å². The van der Waals surface area contributed by atoms with Crippen molar-refractivity contribution in [3.63, 3.8) is 0 Å². The minimum absolute atomic E-state index is 0.0407. The first kappa shape index (κ1) is 23.1. The van der Waals surface area contributed by atoms with E-state index >= 15 is 0 Å². The van der Waals surface area contributed by atoms with Crippen LogP contribution in [0.5, 0.6) is 0 Å². The fourth-order valence-electron chi connectivity index (χ4n) is 3.28. The number of carbonyl (C=O) groups is 3. The molecule has 0 atom stereocenters. The molecule has 6 heteroatoms. The van der Waals surface area contributed by atoms with Crippen LogP contribution in [-0.2, 0) is 9.59 Å². The van der Waals surface area contributed by atoms with Crippen LogP contribution in [0.15, 0.2) is 54.6 Å². The molecule has 0 aliphatic heterocycles. The van der Waals surface area contributed by atoms with Crippen molar-refractivity contribution in [2.24, 2.45) is 0 Å². The Balaban J connectivity index is 1.89. The predicted molar refractivity (Wildman–Crippen MR) is 120 cm³/mol. The van der Waals surface area contributed by atoms with Gasteiger partial charge in [0.15, 0.2) is 0 Å². The Morgan fingerprint density at radius 1 is 0.833 bits per heavy atom. The van der Waals surface area contributed by atoms with E-state index in [1.807, 2.05) is 30.3 Å². The molecule has 1 N–H and O–H groups in total. The van der Waals surface area contributed by atoms with E-state index in [2.05, 4.69) is 5.32 Å². The Labute approximate surface area is 178 Å². The van der Waals surface area contributed by atoms with E-state index in [4.69, 9.17) is 0 Å². The standard InChI is InChI=1S/C24H31N3O3/c1-19(28)27(21-11-7-6-8-12-21)22-16-14-20(15-17-22)24(30)26(3)18-10-5-4-9-13-23(29)25-2/h6-8,11-12,14-17H,4-5,9-10,13,18H2,1-3H3,(H,25,29). The number of nitrogens with one attached hydrogen (secondary N) is 1. The summed E-state index contributed by atoms with van der Waals surface area (Å²) in [4.78, 5) is 39.4. The number of amides is 3. The van der Waals surface area contributed by atoms with E-state index in [1.54, 1.807) is 48.2 Å². The van der Waals surface area contributed by atoms with Gasteiger partial charge >= 0.3 is 0 Å². The number of para-hydroxylation sites is 1. The smallest absolute Gasteiger partial charge is 0.253 e. The zero-order valence-corrected chi connectivity index (χ0v) is 18.1. The molecule has 6 nitrogen and oxygen atoms in total. The van der Waals surface area contributed by atoms with Crippen LogP contribution in [0.4, 0.5) is 11.4 Å². The number of carbonyl (C=O) groups excluding carboxylic acids is 3. The van der Waals surface area contributed by atoms with Crippen molar-refractivity contribution in [3.8, 4) is 0 Å². The van der Waals surface area contributed by atoms with Crippen LogP contribution in [0.3, 0.4) is 0 Å². The van der Waals surface area contributed by atoms with Crippen molar-refractivity contribution in [2.45, 2.75) is 39.0 Å². The monoisotopic (exact) mass is 409 g/mol. The summed E-state index contributed by atoms with van der Waals surface area (Å²) in [5.41, 5.74) is 2.11. The second-order valence-electron chi connectivity index (χ2n) is 7.30. The summed E-state index contributed by atoms with van der Waals surface area (Å²) in [6.07, 6.45) is 4.29. The molecule has 30 heavy (non-hydrogen) atoms. The second kappa shape index (κ2) is 11.8. The topological polar surface area (TPSA) is 69.7 Å². The quantitative estimate of drug-likeness (QED) is 0.600. The van der Waals surface area contributed by atoms with Crippen molar-refractivity contribution in [1.29, 1.82) is 0 Å². The molecule has 0 unspecified atom stereocenters. The van der Waals surface area contributed by atoms with Gasteiger partial charge in [-0.1, -0.05) is 31.0 Å². The molecule has 0 radical (unpaired) electrons. The van der Waals surface area contributed by atoms with Gasteiger partial charge in [-0.25, -0.2) is 0 Å². The van der Waals surface area contributed by atoms with E-state index in [0.29, 0.717) is 18.5 Å². The summed E-state index contributed by atoms with van der Waals surface area (Å²) in [6, 6.07) is 16.6. The number of hydrogen-bond donors (Lipinski definition) is 1. The summed E-state index contributed by atoms with van der Waals surface area (Å²) in [6.45, 7) is 2.19. The van der Waals surface area contributed by atoms with Crippen molar-refractivity contribution in [3.05, 3.63) is 60.2 Å². The number of anilines is 2. The highest BCUT2D eigenvalue weighted by molar-refractivity contribution is 6.00. The Bertz CT molecular complexity index is 835.